The summed E-state index contributed by atoms with van der Waals surface area (Å²) in [7, 11) is 0. The molecule has 2 fully saturated rings. The number of phenolic OH excluding ortho intramolecular Hbond substituents is 1. The van der Waals surface area contributed by atoms with E-state index >= 15 is 0 Å². The average molecular weight is 373 g/mol. The van der Waals surface area contributed by atoms with Crippen molar-refractivity contribution in [1.82, 2.24) is 0 Å². The molecule has 3 aliphatic carbocycles. The lowest BCUT2D eigenvalue weighted by Gasteiger charge is -2.50. The Labute approximate surface area is 153 Å². The zero-order valence-corrected chi connectivity index (χ0v) is 14.3. The van der Waals surface area contributed by atoms with Crippen molar-refractivity contribution < 1.29 is 34.8 Å². The third-order valence-electron chi connectivity index (χ3n) is 6.13. The molecule has 8 nitrogen and oxygen atoms in total. The Bertz CT molecular complexity index is 921. The molecular weight excluding hydrogens is 354 g/mol. The van der Waals surface area contributed by atoms with Gasteiger partial charge in [0.25, 0.3) is 0 Å². The maximum Gasteiger partial charge on any atom is 0.221 e. The van der Waals surface area contributed by atoms with Gasteiger partial charge in [-0.05, 0) is 24.5 Å². The zero-order valence-electron chi connectivity index (χ0n) is 14.3. The number of nitrogens with two attached hydrogens (primary N) is 1. The molecule has 2 saturated carbocycles. The number of amides is 1. The quantitative estimate of drug-likeness (QED) is 0.419. The van der Waals surface area contributed by atoms with Gasteiger partial charge in [-0.25, -0.2) is 0 Å². The number of aromatic hydroxyl groups is 1. The number of benzene rings is 1. The van der Waals surface area contributed by atoms with E-state index in [1.165, 1.54) is 6.07 Å². The van der Waals surface area contributed by atoms with Crippen LogP contribution in [0.3, 0.4) is 0 Å². The summed E-state index contributed by atoms with van der Waals surface area (Å²) < 4.78 is 0. The molecule has 0 heterocycles. The van der Waals surface area contributed by atoms with Crippen molar-refractivity contribution in [3.63, 3.8) is 0 Å². The van der Waals surface area contributed by atoms with Crippen molar-refractivity contribution in [3.8, 4) is 5.75 Å². The highest BCUT2D eigenvalue weighted by molar-refractivity contribution is 6.22. The number of Topliss-reactive ketones (excluding diaryl/α,β-unsaturated/α-hetero) is 2. The lowest BCUT2D eigenvalue weighted by molar-refractivity contribution is -0.173. The number of phenols is 1. The van der Waals surface area contributed by atoms with E-state index in [-0.39, 0.29) is 29.7 Å². The molecule has 0 saturated heterocycles. The number of ketones is 2. The molecule has 0 aliphatic heterocycles. The van der Waals surface area contributed by atoms with Crippen LogP contribution in [0.5, 0.6) is 5.75 Å². The smallest absolute Gasteiger partial charge is 0.221 e. The Kier molecular flexibility index (Phi) is 3.70. The molecule has 0 bridgehead atoms. The van der Waals surface area contributed by atoms with Crippen molar-refractivity contribution in [1.29, 1.82) is 0 Å². The van der Waals surface area contributed by atoms with Crippen molar-refractivity contribution >= 4 is 23.2 Å². The monoisotopic (exact) mass is 373 g/mol. The number of hydrogen-bond acceptors (Lipinski definition) is 7. The second-order valence-corrected chi connectivity index (χ2v) is 7.53. The molecule has 5 unspecified atom stereocenters. The van der Waals surface area contributed by atoms with Crippen molar-refractivity contribution in [3.05, 3.63) is 34.9 Å². The van der Waals surface area contributed by atoms with E-state index in [9.17, 15) is 34.8 Å². The second-order valence-electron chi connectivity index (χ2n) is 7.53. The van der Waals surface area contributed by atoms with Gasteiger partial charge in [-0.3, -0.25) is 14.4 Å². The predicted octanol–water partition coefficient (Wildman–Crippen LogP) is -0.411. The molecule has 5 atom stereocenters. The van der Waals surface area contributed by atoms with Crippen LogP contribution in [0.2, 0.25) is 0 Å². The van der Waals surface area contributed by atoms with E-state index < -0.39 is 59.1 Å². The first kappa shape index (κ1) is 17.7. The third kappa shape index (κ3) is 2.20. The first-order valence-corrected chi connectivity index (χ1v) is 8.70. The minimum Gasteiger partial charge on any atom is -0.507 e. The number of hydrogen-bond donors (Lipinski definition) is 5. The van der Waals surface area contributed by atoms with Crippen LogP contribution in [0.4, 0.5) is 0 Å². The molecule has 0 spiro atoms. The van der Waals surface area contributed by atoms with Gasteiger partial charge in [-0.2, -0.15) is 0 Å². The predicted molar refractivity (Wildman–Crippen MR) is 91.2 cm³/mol. The summed E-state index contributed by atoms with van der Waals surface area (Å²) in [5.41, 5.74) is 3.34. The fraction of sp³-hybridized carbons (Fsp3) is 0.421. The largest absolute Gasteiger partial charge is 0.507 e. The van der Waals surface area contributed by atoms with E-state index in [1.54, 1.807) is 12.1 Å². The fourth-order valence-electron chi connectivity index (χ4n) is 4.97. The number of primary amides is 1. The molecule has 0 radical (unpaired) electrons. The molecule has 1 amide bonds. The molecule has 8 heteroatoms. The Morgan fingerprint density at radius 3 is 2.56 bits per heavy atom. The van der Waals surface area contributed by atoms with Crippen LogP contribution in [-0.2, 0) is 20.8 Å². The average Bonchev–Trinajstić information content (AvgIpc) is 2.57. The van der Waals surface area contributed by atoms with Gasteiger partial charge < -0.3 is 26.2 Å². The molecule has 27 heavy (non-hydrogen) atoms. The van der Waals surface area contributed by atoms with Crippen molar-refractivity contribution in [2.24, 2.45) is 23.5 Å². The summed E-state index contributed by atoms with van der Waals surface area (Å²) in [6.07, 6.45) is -1.51. The summed E-state index contributed by atoms with van der Waals surface area (Å²) >= 11 is 0. The number of rotatable bonds is 1. The lowest BCUT2D eigenvalue weighted by atomic mass is 9.53. The minimum absolute atomic E-state index is 0.0469. The van der Waals surface area contributed by atoms with Crippen LogP contribution in [0, 0.1) is 17.8 Å². The third-order valence-corrected chi connectivity index (χ3v) is 6.13. The summed E-state index contributed by atoms with van der Waals surface area (Å²) in [6.45, 7) is 0. The molecule has 1 aromatic rings. The minimum atomic E-state index is -2.53. The van der Waals surface area contributed by atoms with Crippen LogP contribution >= 0.6 is 0 Å². The highest BCUT2D eigenvalue weighted by Gasteiger charge is 2.64. The molecule has 0 aromatic heterocycles. The van der Waals surface area contributed by atoms with Gasteiger partial charge in [0.2, 0.25) is 11.7 Å². The Hall–Kier alpha value is -2.71. The van der Waals surface area contributed by atoms with Crippen LogP contribution in [0.1, 0.15) is 24.0 Å². The molecular formula is C19H19NO7. The van der Waals surface area contributed by atoms with E-state index in [0.29, 0.717) is 5.56 Å². The van der Waals surface area contributed by atoms with Gasteiger partial charge in [0, 0.05) is 23.8 Å². The van der Waals surface area contributed by atoms with Gasteiger partial charge in [0.15, 0.2) is 11.4 Å². The van der Waals surface area contributed by atoms with E-state index in [1.807, 2.05) is 0 Å². The maximum absolute atomic E-state index is 13.1. The second kappa shape index (κ2) is 5.64. The maximum atomic E-state index is 13.1. The fourth-order valence-corrected chi connectivity index (χ4v) is 4.97. The van der Waals surface area contributed by atoms with Crippen LogP contribution in [-0.4, -0.2) is 49.6 Å². The summed E-state index contributed by atoms with van der Waals surface area (Å²) in [5.74, 6) is -6.67. The van der Waals surface area contributed by atoms with Gasteiger partial charge >= 0.3 is 0 Å². The Balaban J connectivity index is 1.98. The van der Waals surface area contributed by atoms with Crippen LogP contribution < -0.4 is 5.73 Å². The molecule has 1 aromatic carbocycles. The first-order valence-electron chi connectivity index (χ1n) is 8.70. The van der Waals surface area contributed by atoms with Crippen LogP contribution in [0.25, 0.3) is 5.76 Å². The normalized spacial score (nSPS) is 35.3. The standard InChI is InChI=1S/C19H19NO7/c20-18(26)14-9-4-7-2-1-3-11(22)13(7)16(24)15(9)17(25)19(27)10(14)5-8(21)6-12(19)23/h1-3,8-10,14,21-22,24,27H,4-6H2,(H2,20,26). The van der Waals surface area contributed by atoms with Gasteiger partial charge in [-0.1, -0.05) is 12.1 Å². The van der Waals surface area contributed by atoms with Gasteiger partial charge in [0.1, 0.15) is 11.5 Å². The number of carbonyl (C=O) groups is 3. The number of fused-ring (bicyclic) bond motifs is 3. The van der Waals surface area contributed by atoms with Gasteiger partial charge in [0.05, 0.1) is 17.6 Å². The highest BCUT2D eigenvalue weighted by atomic mass is 16.3. The Morgan fingerprint density at radius 2 is 1.89 bits per heavy atom. The number of carbonyl (C=O) groups excluding carboxylic acids is 3. The SMILES string of the molecule is NC(=O)C1C2Cc3cccc(O)c3C(O)=C2C(=O)C2(O)C(=O)CC(O)CC12. The van der Waals surface area contributed by atoms with E-state index in [2.05, 4.69) is 0 Å². The molecule has 142 valence electrons. The summed E-state index contributed by atoms with van der Waals surface area (Å²) in [6, 6.07) is 4.56. The lowest BCUT2D eigenvalue weighted by Crippen LogP contribution is -2.66. The molecule has 4 rings (SSSR count). The molecule has 6 N–H and O–H groups in total. The van der Waals surface area contributed by atoms with E-state index in [4.69, 9.17) is 5.73 Å². The summed E-state index contributed by atoms with van der Waals surface area (Å²) in [4.78, 5) is 37.9. The van der Waals surface area contributed by atoms with Crippen LogP contribution in [0.15, 0.2) is 23.8 Å². The summed E-state index contributed by atoms with van der Waals surface area (Å²) in [5, 5.41) is 41.8. The molecule has 3 aliphatic rings. The topological polar surface area (TPSA) is 158 Å². The van der Waals surface area contributed by atoms with Crippen molar-refractivity contribution in [2.45, 2.75) is 31.0 Å². The number of aliphatic hydroxyl groups is 3. The highest BCUT2D eigenvalue weighted by Crippen LogP contribution is 2.53. The first-order chi connectivity index (χ1) is 12.7. The Morgan fingerprint density at radius 1 is 1.19 bits per heavy atom. The zero-order chi connectivity index (χ0) is 19.7. The van der Waals surface area contributed by atoms with Gasteiger partial charge in [-0.15, -0.1) is 0 Å². The van der Waals surface area contributed by atoms with Crippen molar-refractivity contribution in [2.75, 3.05) is 0 Å². The van der Waals surface area contributed by atoms with E-state index in [0.717, 1.165) is 0 Å². The number of aliphatic hydroxyl groups excluding tert-OH is 2.